The summed E-state index contributed by atoms with van der Waals surface area (Å²) in [4.78, 5) is 11.3. The first-order valence-electron chi connectivity index (χ1n) is 15.3. The van der Waals surface area contributed by atoms with Gasteiger partial charge in [0.1, 0.15) is 18.8 Å². The van der Waals surface area contributed by atoms with Gasteiger partial charge < -0.3 is 29.9 Å². The predicted octanol–water partition coefficient (Wildman–Crippen LogP) is 6.08. The summed E-state index contributed by atoms with van der Waals surface area (Å²) in [6.45, 7) is 4.75. The van der Waals surface area contributed by atoms with Gasteiger partial charge in [-0.05, 0) is 12.8 Å². The van der Waals surface area contributed by atoms with E-state index in [1.807, 2.05) is 0 Å². The average molecular weight is 535 g/mol. The zero-order valence-corrected chi connectivity index (χ0v) is 24.3. The monoisotopic (exact) mass is 534 g/mol. The fourth-order valence-corrected chi connectivity index (χ4v) is 3.86. The van der Waals surface area contributed by atoms with Gasteiger partial charge in [-0.15, -0.1) is 0 Å². The van der Waals surface area contributed by atoms with E-state index >= 15 is 0 Å². The highest BCUT2D eigenvalue weighted by molar-refractivity contribution is 5.69. The minimum Gasteiger partial charge on any atom is -0.463 e. The van der Waals surface area contributed by atoms with E-state index in [0.717, 1.165) is 19.3 Å². The molecule has 0 saturated carbocycles. The molecule has 2 unspecified atom stereocenters. The van der Waals surface area contributed by atoms with Crippen molar-refractivity contribution in [1.82, 2.24) is 0 Å². The molecule has 0 amide bonds. The number of hydrogen-bond acceptors (Lipinski definition) is 7. The number of aliphatic hydroxyl groups is 4. The van der Waals surface area contributed by atoms with E-state index in [9.17, 15) is 4.79 Å². The SMILES string of the molecule is CCCCCCCCCCCC(=O)OCC(O)CO.CCCCCCCCCCCCOCC(O)CO. The quantitative estimate of drug-likeness (QED) is 0.0745. The van der Waals surface area contributed by atoms with Crippen molar-refractivity contribution < 1.29 is 34.7 Å². The van der Waals surface area contributed by atoms with Crippen LogP contribution in [0.15, 0.2) is 0 Å². The number of hydrogen-bond donors (Lipinski definition) is 4. The number of esters is 1. The summed E-state index contributed by atoms with van der Waals surface area (Å²) in [5.41, 5.74) is 0. The van der Waals surface area contributed by atoms with E-state index in [1.54, 1.807) is 0 Å². The average Bonchev–Trinajstić information content (AvgIpc) is 2.91. The van der Waals surface area contributed by atoms with Crippen LogP contribution in [0.2, 0.25) is 0 Å². The zero-order chi connectivity index (χ0) is 27.8. The molecule has 0 saturated heterocycles. The summed E-state index contributed by atoms with van der Waals surface area (Å²) in [7, 11) is 0. The van der Waals surface area contributed by atoms with E-state index in [0.29, 0.717) is 13.0 Å². The number of aliphatic hydroxyl groups excluding tert-OH is 4. The predicted molar refractivity (Wildman–Crippen MR) is 152 cm³/mol. The molecule has 37 heavy (non-hydrogen) atoms. The number of unbranched alkanes of at least 4 members (excludes halogenated alkanes) is 17. The molecule has 0 aromatic heterocycles. The zero-order valence-electron chi connectivity index (χ0n) is 24.3. The van der Waals surface area contributed by atoms with Crippen molar-refractivity contribution in [3.05, 3.63) is 0 Å². The lowest BCUT2D eigenvalue weighted by Gasteiger charge is -2.08. The Labute approximate surface area is 228 Å². The van der Waals surface area contributed by atoms with Crippen molar-refractivity contribution in [3.8, 4) is 0 Å². The third-order valence-corrected chi connectivity index (χ3v) is 6.30. The van der Waals surface area contributed by atoms with Crippen LogP contribution in [0.25, 0.3) is 0 Å². The normalized spacial score (nSPS) is 12.6. The van der Waals surface area contributed by atoms with Gasteiger partial charge in [0, 0.05) is 13.0 Å². The Bertz CT molecular complexity index is 434. The Balaban J connectivity index is 0. The van der Waals surface area contributed by atoms with Crippen LogP contribution in [0.5, 0.6) is 0 Å². The van der Waals surface area contributed by atoms with Crippen molar-refractivity contribution in [2.24, 2.45) is 0 Å². The topological polar surface area (TPSA) is 116 Å². The van der Waals surface area contributed by atoms with E-state index in [1.165, 1.54) is 103 Å². The van der Waals surface area contributed by atoms with E-state index < -0.39 is 12.2 Å². The second-order valence-corrected chi connectivity index (χ2v) is 10.2. The molecule has 7 heteroatoms. The highest BCUT2D eigenvalue weighted by Gasteiger charge is 2.07. The maximum atomic E-state index is 11.3. The third-order valence-electron chi connectivity index (χ3n) is 6.30. The summed E-state index contributed by atoms with van der Waals surface area (Å²) in [5.74, 6) is -0.282. The lowest BCUT2D eigenvalue weighted by Crippen LogP contribution is -2.21. The van der Waals surface area contributed by atoms with Crippen molar-refractivity contribution in [2.45, 2.75) is 154 Å². The molecule has 0 aromatic carbocycles. The summed E-state index contributed by atoms with van der Waals surface area (Å²) in [6.07, 6.45) is 22.9. The summed E-state index contributed by atoms with van der Waals surface area (Å²) in [6, 6.07) is 0. The molecule has 0 rings (SSSR count). The highest BCUT2D eigenvalue weighted by Crippen LogP contribution is 2.11. The van der Waals surface area contributed by atoms with Gasteiger partial charge >= 0.3 is 5.97 Å². The Hall–Kier alpha value is -0.730. The van der Waals surface area contributed by atoms with E-state index in [-0.39, 0.29) is 32.4 Å². The van der Waals surface area contributed by atoms with E-state index in [2.05, 4.69) is 13.8 Å². The molecule has 224 valence electrons. The Morgan fingerprint density at radius 2 is 0.946 bits per heavy atom. The molecule has 0 fully saturated rings. The standard InChI is InChI=1S/C15H30O4.C15H32O3/c1-2-3-4-5-6-7-8-9-10-11-15(18)19-13-14(17)12-16;1-2-3-4-5-6-7-8-9-10-11-12-18-14-15(17)13-16/h14,16-17H,2-13H2,1H3;15-17H,2-14H2,1H3. The number of rotatable bonds is 27. The van der Waals surface area contributed by atoms with Crippen molar-refractivity contribution >= 4 is 5.97 Å². The Morgan fingerprint density at radius 3 is 1.38 bits per heavy atom. The van der Waals surface area contributed by atoms with E-state index in [4.69, 9.17) is 29.9 Å². The molecule has 0 heterocycles. The molecule has 0 spiro atoms. The Kier molecular flexibility index (Phi) is 34.6. The molecule has 0 radical (unpaired) electrons. The van der Waals surface area contributed by atoms with Crippen LogP contribution in [-0.2, 0) is 14.3 Å². The minimum absolute atomic E-state index is 0.104. The lowest BCUT2D eigenvalue weighted by atomic mass is 10.1. The molecular weight excluding hydrogens is 472 g/mol. The first-order valence-corrected chi connectivity index (χ1v) is 15.3. The molecular formula is C30H62O7. The highest BCUT2D eigenvalue weighted by atomic mass is 16.5. The molecule has 0 aliphatic heterocycles. The maximum absolute atomic E-state index is 11.3. The van der Waals surface area contributed by atoms with Gasteiger partial charge in [0.2, 0.25) is 0 Å². The van der Waals surface area contributed by atoms with Crippen LogP contribution in [0, 0.1) is 0 Å². The number of ether oxygens (including phenoxy) is 2. The number of carbonyl (C=O) groups excluding carboxylic acids is 1. The van der Waals surface area contributed by atoms with Gasteiger partial charge in [-0.2, -0.15) is 0 Å². The molecule has 7 nitrogen and oxygen atoms in total. The van der Waals surface area contributed by atoms with Gasteiger partial charge in [0.15, 0.2) is 0 Å². The first-order chi connectivity index (χ1) is 18.0. The molecule has 0 bridgehead atoms. The summed E-state index contributed by atoms with van der Waals surface area (Å²) >= 11 is 0. The number of carbonyl (C=O) groups is 1. The van der Waals surface area contributed by atoms with Crippen molar-refractivity contribution in [1.29, 1.82) is 0 Å². The molecule has 0 aliphatic carbocycles. The first kappa shape index (κ1) is 38.4. The van der Waals surface area contributed by atoms with Crippen LogP contribution in [-0.4, -0.2) is 71.6 Å². The van der Waals surface area contributed by atoms with Gasteiger partial charge in [-0.25, -0.2) is 0 Å². The maximum Gasteiger partial charge on any atom is 0.305 e. The van der Waals surface area contributed by atoms with Gasteiger partial charge in [-0.1, -0.05) is 123 Å². The van der Waals surface area contributed by atoms with Crippen LogP contribution in [0.4, 0.5) is 0 Å². The third kappa shape index (κ3) is 35.3. The van der Waals surface area contributed by atoms with Crippen LogP contribution < -0.4 is 0 Å². The second kappa shape index (κ2) is 33.3. The van der Waals surface area contributed by atoms with Gasteiger partial charge in [-0.3, -0.25) is 4.79 Å². The summed E-state index contributed by atoms with van der Waals surface area (Å²) in [5, 5.41) is 35.2. The molecule has 0 aliphatic rings. The van der Waals surface area contributed by atoms with Crippen molar-refractivity contribution in [3.63, 3.8) is 0 Å². The molecule has 2 atom stereocenters. The van der Waals surface area contributed by atoms with Gasteiger partial charge in [0.25, 0.3) is 0 Å². The molecule has 0 aromatic rings. The fraction of sp³-hybridized carbons (Fsp3) is 0.967. The molecule has 4 N–H and O–H groups in total. The van der Waals surface area contributed by atoms with Crippen molar-refractivity contribution in [2.75, 3.05) is 33.0 Å². The second-order valence-electron chi connectivity index (χ2n) is 10.2. The fourth-order valence-electron chi connectivity index (χ4n) is 3.86. The van der Waals surface area contributed by atoms with Gasteiger partial charge in [0.05, 0.1) is 19.8 Å². The van der Waals surface area contributed by atoms with Crippen LogP contribution >= 0.6 is 0 Å². The Morgan fingerprint density at radius 1 is 0.568 bits per heavy atom. The van der Waals surface area contributed by atoms with Crippen LogP contribution in [0.3, 0.4) is 0 Å². The van der Waals surface area contributed by atoms with Crippen LogP contribution in [0.1, 0.15) is 142 Å². The largest absolute Gasteiger partial charge is 0.463 e. The smallest absolute Gasteiger partial charge is 0.305 e. The minimum atomic E-state index is -0.952. The summed E-state index contributed by atoms with van der Waals surface area (Å²) < 4.78 is 10.1. The lowest BCUT2D eigenvalue weighted by molar-refractivity contribution is -0.147.